The highest BCUT2D eigenvalue weighted by Gasteiger charge is 2.28. The molecule has 0 aliphatic carbocycles. The number of benzene rings is 3. The quantitative estimate of drug-likeness (QED) is 0.0573. The maximum Gasteiger partial charge on any atom is 0.408 e. The van der Waals surface area contributed by atoms with Gasteiger partial charge in [-0.05, 0) is 82.3 Å². The smallest absolute Gasteiger partial charge is 0.408 e. The summed E-state index contributed by atoms with van der Waals surface area (Å²) in [6.07, 6.45) is -1.34. The molecule has 11 N–H and O–H groups in total. The molecule has 0 aromatic heterocycles. The van der Waals surface area contributed by atoms with Crippen LogP contribution in [0, 0.1) is 0 Å². The zero-order chi connectivity index (χ0) is 43.8. The Balaban J connectivity index is 0.000000440. The van der Waals surface area contributed by atoms with Crippen molar-refractivity contribution in [2.24, 2.45) is 11.5 Å². The van der Waals surface area contributed by atoms with E-state index in [-0.39, 0.29) is 53.6 Å². The summed E-state index contributed by atoms with van der Waals surface area (Å²) in [7, 11) is 2.37. The number of ketones is 4. The van der Waals surface area contributed by atoms with Crippen LogP contribution in [-0.4, -0.2) is 79.1 Å². The average Bonchev–Trinajstić information content (AvgIpc) is 3.10. The van der Waals surface area contributed by atoms with Crippen molar-refractivity contribution in [2.45, 2.75) is 70.7 Å². The predicted molar refractivity (Wildman–Crippen MR) is 218 cm³/mol. The van der Waals surface area contributed by atoms with Crippen molar-refractivity contribution in [1.82, 2.24) is 5.32 Å². The minimum absolute atomic E-state index is 0.0405. The number of nitrogen functional groups attached to an aromatic ring is 3. The molecule has 3 atom stereocenters. The standard InChI is InChI=1S/C16H21ClN2O5.C11H13ClN2O3.C11H13ClN2O2/c1-16(2,3)24-15(22)19-12(14(21)23-4)8-13(20)10-6-5-9(17)7-11(10)18;1-17-11(16)9(14)5-10(15)7-3-2-6(12)4-8(7)13;1-6(15)9(13)5-11(16)8-3-2-7(12)4-10(8)14/h5-7,12H,8,18H2,1-4H3,(H,19,22);2-4,9H,5,13-14H2,1H3;2-4,9H,5,13-14H2,1H3/t12-;2*9-/m000/s1. The fourth-order valence-electron chi connectivity index (χ4n) is 4.44. The summed E-state index contributed by atoms with van der Waals surface area (Å²) in [5.74, 6) is -2.63. The summed E-state index contributed by atoms with van der Waals surface area (Å²) in [5, 5.41) is 3.63. The number of hydrogen-bond donors (Lipinski definition) is 6. The van der Waals surface area contributed by atoms with Gasteiger partial charge in [-0.3, -0.25) is 24.0 Å². The van der Waals surface area contributed by atoms with Crippen molar-refractivity contribution in [3.8, 4) is 0 Å². The third kappa shape index (κ3) is 17.6. The molecule has 0 aliphatic heterocycles. The lowest BCUT2D eigenvalue weighted by Gasteiger charge is -2.22. The molecule has 16 nitrogen and oxygen atoms in total. The number of esters is 2. The molecule has 3 aromatic carbocycles. The van der Waals surface area contributed by atoms with Crippen LogP contribution >= 0.6 is 34.8 Å². The minimum Gasteiger partial charge on any atom is -0.468 e. The van der Waals surface area contributed by atoms with Gasteiger partial charge in [-0.2, -0.15) is 0 Å². The molecule has 3 rings (SSSR count). The Hall–Kier alpha value is -5.26. The zero-order valence-corrected chi connectivity index (χ0v) is 34.4. The summed E-state index contributed by atoms with van der Waals surface area (Å²) >= 11 is 17.2. The number of methoxy groups -OCH3 is 2. The highest BCUT2D eigenvalue weighted by molar-refractivity contribution is 6.31. The van der Waals surface area contributed by atoms with E-state index in [1.165, 1.54) is 56.5 Å². The molecule has 0 bridgehead atoms. The summed E-state index contributed by atoms with van der Waals surface area (Å²) in [6, 6.07) is 10.6. The van der Waals surface area contributed by atoms with Gasteiger partial charge in [-0.25, -0.2) is 9.59 Å². The van der Waals surface area contributed by atoms with Gasteiger partial charge in [0.05, 0.1) is 20.3 Å². The van der Waals surface area contributed by atoms with Gasteiger partial charge in [-0.15, -0.1) is 0 Å². The van der Waals surface area contributed by atoms with E-state index in [0.29, 0.717) is 31.9 Å². The van der Waals surface area contributed by atoms with Crippen LogP contribution in [0.15, 0.2) is 54.6 Å². The number of halogens is 3. The predicted octanol–water partition coefficient (Wildman–Crippen LogP) is 4.97. The van der Waals surface area contributed by atoms with E-state index in [4.69, 9.17) is 68.2 Å². The molecular weight excluding hydrogens is 807 g/mol. The molecule has 57 heavy (non-hydrogen) atoms. The first-order valence-corrected chi connectivity index (χ1v) is 17.9. The molecule has 0 heterocycles. The third-order valence-electron chi connectivity index (χ3n) is 7.34. The second kappa shape index (κ2) is 23.1. The van der Waals surface area contributed by atoms with Gasteiger partial charge in [0.1, 0.15) is 23.5 Å². The molecule has 1 amide bonds. The van der Waals surface area contributed by atoms with Crippen molar-refractivity contribution >= 4 is 93.0 Å². The molecule has 0 saturated carbocycles. The number of Topliss-reactive ketones (excluding diaryl/α,β-unsaturated/α-hetero) is 4. The number of rotatable bonds is 13. The second-order valence-electron chi connectivity index (χ2n) is 13.1. The molecule has 0 saturated heterocycles. The third-order valence-corrected chi connectivity index (χ3v) is 8.05. The monoisotopic (exact) mass is 852 g/mol. The normalized spacial score (nSPS) is 12.1. The number of anilines is 3. The van der Waals surface area contributed by atoms with Crippen molar-refractivity contribution in [2.75, 3.05) is 31.4 Å². The Labute approximate surface area is 344 Å². The van der Waals surface area contributed by atoms with Crippen molar-refractivity contribution in [3.63, 3.8) is 0 Å². The average molecular weight is 854 g/mol. The lowest BCUT2D eigenvalue weighted by atomic mass is 10.0. The zero-order valence-electron chi connectivity index (χ0n) is 32.2. The van der Waals surface area contributed by atoms with Gasteiger partial charge in [0.15, 0.2) is 17.3 Å². The maximum absolute atomic E-state index is 12.4. The van der Waals surface area contributed by atoms with Crippen LogP contribution < -0.4 is 34.0 Å². The first-order chi connectivity index (χ1) is 26.4. The van der Waals surface area contributed by atoms with E-state index in [1.807, 2.05) is 0 Å². The van der Waals surface area contributed by atoms with Gasteiger partial charge >= 0.3 is 18.0 Å². The summed E-state index contributed by atoms with van der Waals surface area (Å²) < 4.78 is 14.1. The SMILES string of the molecule is CC(=O)[C@@H](N)CC(=O)c1ccc(Cl)cc1N.COC(=O)[C@@H](N)CC(=O)c1ccc(Cl)cc1N.COC(=O)[C@H](CC(=O)c1ccc(Cl)cc1N)NC(=O)OC(C)(C)C. The number of amides is 1. The van der Waals surface area contributed by atoms with Crippen LogP contribution in [0.3, 0.4) is 0 Å². The van der Waals surface area contributed by atoms with E-state index in [0.717, 1.165) is 7.11 Å². The molecule has 0 aliphatic rings. The molecule has 3 aromatic rings. The molecule has 0 unspecified atom stereocenters. The molecule has 19 heteroatoms. The van der Waals surface area contributed by atoms with Crippen LogP contribution in [0.5, 0.6) is 0 Å². The lowest BCUT2D eigenvalue weighted by molar-refractivity contribution is -0.143. The maximum atomic E-state index is 12.4. The first kappa shape index (κ1) is 49.8. The van der Waals surface area contributed by atoms with Crippen molar-refractivity contribution < 1.29 is 47.8 Å². The Morgan fingerprint density at radius 2 is 0.965 bits per heavy atom. The second-order valence-corrected chi connectivity index (χ2v) is 14.5. The van der Waals surface area contributed by atoms with Crippen LogP contribution in [0.25, 0.3) is 0 Å². The Morgan fingerprint density at radius 1 is 0.614 bits per heavy atom. The van der Waals surface area contributed by atoms with Gasteiger partial charge in [0.2, 0.25) is 0 Å². The Bertz CT molecular complexity index is 1950. The lowest BCUT2D eigenvalue weighted by Crippen LogP contribution is -2.45. The fraction of sp³-hybridized carbons (Fsp3) is 0.342. The first-order valence-electron chi connectivity index (χ1n) is 16.8. The van der Waals surface area contributed by atoms with E-state index in [9.17, 15) is 33.6 Å². The van der Waals surface area contributed by atoms with E-state index in [2.05, 4.69) is 14.8 Å². The number of nitrogens with one attached hydrogen (secondary N) is 1. The molecule has 310 valence electrons. The van der Waals surface area contributed by atoms with Crippen LogP contribution in [-0.2, 0) is 28.6 Å². The molecule has 0 fully saturated rings. The summed E-state index contributed by atoms with van der Waals surface area (Å²) in [4.78, 5) is 81.5. The molecular formula is C38H47Cl3N6O10. The number of carbonyl (C=O) groups is 7. The Kier molecular flexibility index (Phi) is 20.2. The molecule has 0 spiro atoms. The minimum atomic E-state index is -1.19. The van der Waals surface area contributed by atoms with Gasteiger partial charge in [-0.1, -0.05) is 34.8 Å². The Morgan fingerprint density at radius 3 is 1.28 bits per heavy atom. The number of alkyl carbamates (subject to hydrolysis) is 1. The van der Waals surface area contributed by atoms with Gasteiger partial charge in [0, 0.05) is 68.1 Å². The highest BCUT2D eigenvalue weighted by Crippen LogP contribution is 2.22. The topological polar surface area (TPSA) is 289 Å². The summed E-state index contributed by atoms with van der Waals surface area (Å²) in [5.41, 5.74) is 28.9. The van der Waals surface area contributed by atoms with E-state index < -0.39 is 47.5 Å². The van der Waals surface area contributed by atoms with Gasteiger partial charge in [0.25, 0.3) is 0 Å². The number of carbonyl (C=O) groups excluding carboxylic acids is 7. The van der Waals surface area contributed by atoms with Crippen molar-refractivity contribution in [1.29, 1.82) is 0 Å². The van der Waals surface area contributed by atoms with Crippen LogP contribution in [0.4, 0.5) is 21.9 Å². The number of hydrogen-bond acceptors (Lipinski definition) is 15. The van der Waals surface area contributed by atoms with Crippen LogP contribution in [0.1, 0.15) is 78.0 Å². The van der Waals surface area contributed by atoms with Crippen LogP contribution in [0.2, 0.25) is 15.1 Å². The van der Waals surface area contributed by atoms with E-state index >= 15 is 0 Å². The number of ether oxygens (including phenoxy) is 3. The molecule has 0 radical (unpaired) electrons. The largest absolute Gasteiger partial charge is 0.468 e. The van der Waals surface area contributed by atoms with Crippen molar-refractivity contribution in [3.05, 3.63) is 86.4 Å². The number of nitrogens with two attached hydrogens (primary N) is 5. The summed E-state index contributed by atoms with van der Waals surface area (Å²) in [6.45, 7) is 6.39. The highest BCUT2D eigenvalue weighted by atomic mass is 35.5. The van der Waals surface area contributed by atoms with E-state index in [1.54, 1.807) is 32.9 Å². The van der Waals surface area contributed by atoms with Gasteiger partial charge < -0.3 is 48.2 Å². The fourth-order valence-corrected chi connectivity index (χ4v) is 4.98.